The first kappa shape index (κ1) is 23.4. The number of carbonyl (C=O) groups excluding carboxylic acids is 1. The maximum atomic E-state index is 13.5. The number of anilines is 2. The number of methoxy groups -OCH3 is 2. The van der Waals surface area contributed by atoms with E-state index in [2.05, 4.69) is 26.3 Å². The van der Waals surface area contributed by atoms with E-state index in [0.717, 1.165) is 66.2 Å². The molecule has 8 nitrogen and oxygen atoms in total. The Morgan fingerprint density at radius 3 is 2.66 bits per heavy atom. The third kappa shape index (κ3) is 5.05. The summed E-state index contributed by atoms with van der Waals surface area (Å²) in [7, 11) is 3.37. The number of piperazine rings is 1. The molecule has 0 aliphatic carbocycles. The molecule has 2 aliphatic rings. The fraction of sp³-hybridized carbons (Fsp3) is 0.423. The van der Waals surface area contributed by atoms with E-state index in [1.54, 1.807) is 14.2 Å². The molecule has 9 heteroatoms. The van der Waals surface area contributed by atoms with E-state index in [1.165, 1.54) is 11.5 Å². The Balaban J connectivity index is 1.22. The van der Waals surface area contributed by atoms with Crippen molar-refractivity contribution in [2.75, 3.05) is 56.7 Å². The van der Waals surface area contributed by atoms with Crippen molar-refractivity contribution in [2.24, 2.45) is 0 Å². The Hall–Kier alpha value is -3.33. The molecule has 0 spiro atoms. The second kappa shape index (κ2) is 10.5. The van der Waals surface area contributed by atoms with Gasteiger partial charge in [0.1, 0.15) is 23.4 Å². The summed E-state index contributed by atoms with van der Waals surface area (Å²) in [5.41, 5.74) is 2.19. The average Bonchev–Trinajstić information content (AvgIpc) is 3.58. The number of para-hydroxylation sites is 2. The van der Waals surface area contributed by atoms with Crippen molar-refractivity contribution in [1.29, 1.82) is 0 Å². The SMILES string of the molecule is COc1cccc(Cc2nsc(N3CCCC3C(=O)N3CCN(c4ccccc4OC)CC3)n2)c1. The molecule has 1 aromatic heterocycles. The third-order valence-electron chi connectivity index (χ3n) is 6.75. The number of aromatic nitrogens is 2. The van der Waals surface area contributed by atoms with Crippen molar-refractivity contribution in [3.63, 3.8) is 0 Å². The minimum atomic E-state index is -0.162. The monoisotopic (exact) mass is 493 g/mol. The van der Waals surface area contributed by atoms with Crippen molar-refractivity contribution in [3.8, 4) is 11.5 Å². The molecule has 0 saturated carbocycles. The van der Waals surface area contributed by atoms with Crippen LogP contribution in [0.25, 0.3) is 0 Å². The summed E-state index contributed by atoms with van der Waals surface area (Å²) in [5, 5.41) is 0.839. The van der Waals surface area contributed by atoms with Gasteiger partial charge in [0, 0.05) is 50.7 Å². The summed E-state index contributed by atoms with van der Waals surface area (Å²) in [6.07, 6.45) is 2.49. The summed E-state index contributed by atoms with van der Waals surface area (Å²) in [6.45, 7) is 3.84. The molecule has 2 fully saturated rings. The van der Waals surface area contributed by atoms with E-state index in [9.17, 15) is 4.79 Å². The largest absolute Gasteiger partial charge is 0.497 e. The van der Waals surface area contributed by atoms with E-state index in [0.29, 0.717) is 19.5 Å². The molecule has 2 saturated heterocycles. The molecule has 0 radical (unpaired) electrons. The molecule has 3 heterocycles. The zero-order valence-electron chi connectivity index (χ0n) is 20.2. The minimum Gasteiger partial charge on any atom is -0.497 e. The summed E-state index contributed by atoms with van der Waals surface area (Å²) in [6, 6.07) is 15.9. The number of benzene rings is 2. The second-order valence-corrected chi connectivity index (χ2v) is 9.59. The first-order chi connectivity index (χ1) is 17.2. The smallest absolute Gasteiger partial charge is 0.245 e. The van der Waals surface area contributed by atoms with E-state index < -0.39 is 0 Å². The summed E-state index contributed by atoms with van der Waals surface area (Å²) >= 11 is 1.39. The summed E-state index contributed by atoms with van der Waals surface area (Å²) < 4.78 is 15.4. The highest BCUT2D eigenvalue weighted by Crippen LogP contribution is 2.31. The van der Waals surface area contributed by atoms with Gasteiger partial charge in [-0.05, 0) is 42.7 Å². The van der Waals surface area contributed by atoms with E-state index in [-0.39, 0.29) is 11.9 Å². The fourth-order valence-electron chi connectivity index (χ4n) is 4.92. The van der Waals surface area contributed by atoms with E-state index in [1.807, 2.05) is 41.3 Å². The standard InChI is InChI=1S/C26H31N5O3S/c1-33-20-8-5-7-19(17-20)18-24-27-26(35-28-24)31-12-6-10-22(31)25(32)30-15-13-29(14-16-30)21-9-3-4-11-23(21)34-2/h3-5,7-9,11,17,22H,6,10,12-16,18H2,1-2H3. The summed E-state index contributed by atoms with van der Waals surface area (Å²) in [5.74, 6) is 2.68. The number of hydrogen-bond acceptors (Lipinski definition) is 8. The first-order valence-electron chi connectivity index (χ1n) is 12.0. The zero-order chi connectivity index (χ0) is 24.2. The van der Waals surface area contributed by atoms with Crippen LogP contribution in [0, 0.1) is 0 Å². The van der Waals surface area contributed by atoms with Gasteiger partial charge in [-0.25, -0.2) is 4.98 Å². The number of amides is 1. The fourth-order valence-corrected chi connectivity index (χ4v) is 5.68. The molecule has 35 heavy (non-hydrogen) atoms. The van der Waals surface area contributed by atoms with Gasteiger partial charge in [0.05, 0.1) is 19.9 Å². The molecule has 2 aromatic carbocycles. The lowest BCUT2D eigenvalue weighted by Gasteiger charge is -2.38. The quantitative estimate of drug-likeness (QED) is 0.499. The van der Waals surface area contributed by atoms with Gasteiger partial charge in [-0.1, -0.05) is 24.3 Å². The molecule has 0 N–H and O–H groups in total. The third-order valence-corrected chi connectivity index (χ3v) is 7.55. The first-order valence-corrected chi connectivity index (χ1v) is 12.8. The van der Waals surface area contributed by atoms with Crippen molar-refractivity contribution in [1.82, 2.24) is 14.3 Å². The average molecular weight is 494 g/mol. The van der Waals surface area contributed by atoms with Crippen LogP contribution < -0.4 is 19.3 Å². The maximum Gasteiger partial charge on any atom is 0.245 e. The van der Waals surface area contributed by atoms with Crippen LogP contribution >= 0.6 is 11.5 Å². The van der Waals surface area contributed by atoms with Gasteiger partial charge in [0.25, 0.3) is 0 Å². The minimum absolute atomic E-state index is 0.162. The van der Waals surface area contributed by atoms with Crippen LogP contribution in [0.2, 0.25) is 0 Å². The predicted molar refractivity (Wildman–Crippen MR) is 138 cm³/mol. The van der Waals surface area contributed by atoms with Crippen LogP contribution in [0.3, 0.4) is 0 Å². The van der Waals surface area contributed by atoms with Gasteiger partial charge >= 0.3 is 0 Å². The molecule has 3 aromatic rings. The van der Waals surface area contributed by atoms with Gasteiger partial charge in [0.2, 0.25) is 11.0 Å². The van der Waals surface area contributed by atoms with Crippen LogP contribution in [0.15, 0.2) is 48.5 Å². The van der Waals surface area contributed by atoms with E-state index >= 15 is 0 Å². The van der Waals surface area contributed by atoms with Crippen LogP contribution in [0.4, 0.5) is 10.8 Å². The van der Waals surface area contributed by atoms with Crippen LogP contribution in [-0.2, 0) is 11.2 Å². The molecule has 0 bridgehead atoms. The van der Waals surface area contributed by atoms with Crippen molar-refractivity contribution in [3.05, 3.63) is 59.9 Å². The topological polar surface area (TPSA) is 71.0 Å². The normalized spacial score (nSPS) is 18.1. The molecule has 1 unspecified atom stereocenters. The second-order valence-electron chi connectivity index (χ2n) is 8.86. The van der Waals surface area contributed by atoms with Gasteiger partial charge < -0.3 is 24.2 Å². The van der Waals surface area contributed by atoms with Crippen LogP contribution in [0.1, 0.15) is 24.2 Å². The predicted octanol–water partition coefficient (Wildman–Crippen LogP) is 3.46. The molecule has 2 aliphatic heterocycles. The Morgan fingerprint density at radius 2 is 1.86 bits per heavy atom. The van der Waals surface area contributed by atoms with Gasteiger partial charge in [-0.3, -0.25) is 4.79 Å². The van der Waals surface area contributed by atoms with Crippen molar-refractivity contribution >= 4 is 28.3 Å². The van der Waals surface area contributed by atoms with Crippen molar-refractivity contribution in [2.45, 2.75) is 25.3 Å². The van der Waals surface area contributed by atoms with Crippen LogP contribution in [-0.4, -0.2) is 73.1 Å². The lowest BCUT2D eigenvalue weighted by atomic mass is 10.1. The Kier molecular flexibility index (Phi) is 7.03. The molecule has 5 rings (SSSR count). The Labute approximate surface area is 210 Å². The van der Waals surface area contributed by atoms with Gasteiger partial charge in [0.15, 0.2) is 0 Å². The lowest BCUT2D eigenvalue weighted by Crippen LogP contribution is -2.54. The highest BCUT2D eigenvalue weighted by molar-refractivity contribution is 7.09. The highest BCUT2D eigenvalue weighted by atomic mass is 32.1. The van der Waals surface area contributed by atoms with Crippen LogP contribution in [0.5, 0.6) is 11.5 Å². The molecule has 1 atom stereocenters. The Morgan fingerprint density at radius 1 is 1.03 bits per heavy atom. The maximum absolute atomic E-state index is 13.5. The number of carbonyl (C=O) groups is 1. The molecule has 184 valence electrons. The molecular weight excluding hydrogens is 462 g/mol. The molecule has 1 amide bonds. The number of hydrogen-bond donors (Lipinski definition) is 0. The number of ether oxygens (including phenoxy) is 2. The highest BCUT2D eigenvalue weighted by Gasteiger charge is 2.36. The lowest BCUT2D eigenvalue weighted by molar-refractivity contribution is -0.132. The van der Waals surface area contributed by atoms with Gasteiger partial charge in [-0.15, -0.1) is 0 Å². The van der Waals surface area contributed by atoms with E-state index in [4.69, 9.17) is 14.5 Å². The summed E-state index contributed by atoms with van der Waals surface area (Å²) in [4.78, 5) is 24.8. The van der Waals surface area contributed by atoms with Gasteiger partial charge in [-0.2, -0.15) is 4.37 Å². The number of rotatable bonds is 7. The molecular formula is C26H31N5O3S. The Bertz CT molecular complexity index is 1160. The number of nitrogens with zero attached hydrogens (tertiary/aromatic N) is 5. The zero-order valence-corrected chi connectivity index (χ0v) is 21.0. The van der Waals surface area contributed by atoms with Crippen molar-refractivity contribution < 1.29 is 14.3 Å².